The molecule has 0 saturated heterocycles. The predicted molar refractivity (Wildman–Crippen MR) is 101 cm³/mol. The van der Waals surface area contributed by atoms with Gasteiger partial charge in [-0.2, -0.15) is 13.2 Å². The van der Waals surface area contributed by atoms with Gasteiger partial charge >= 0.3 is 6.18 Å². The molecule has 1 N–H and O–H groups in total. The van der Waals surface area contributed by atoms with E-state index in [-0.39, 0.29) is 5.43 Å². The van der Waals surface area contributed by atoms with E-state index in [1.807, 2.05) is 13.8 Å². The van der Waals surface area contributed by atoms with Crippen molar-refractivity contribution in [3.8, 4) is 22.6 Å². The normalized spacial score (nSPS) is 11.5. The molecule has 0 saturated carbocycles. The molecule has 0 aliphatic heterocycles. The van der Waals surface area contributed by atoms with Gasteiger partial charge in [-0.15, -0.1) is 0 Å². The van der Waals surface area contributed by atoms with Crippen molar-refractivity contribution in [2.75, 3.05) is 0 Å². The van der Waals surface area contributed by atoms with Crippen molar-refractivity contribution in [3.05, 3.63) is 80.2 Å². The predicted octanol–water partition coefficient (Wildman–Crippen LogP) is 6.23. The van der Waals surface area contributed by atoms with Gasteiger partial charge in [0.1, 0.15) is 11.5 Å². The second-order valence-corrected chi connectivity index (χ2v) is 6.83. The van der Waals surface area contributed by atoms with Crippen molar-refractivity contribution >= 4 is 15.9 Å². The molecule has 1 aromatic heterocycles. The second-order valence-electron chi connectivity index (χ2n) is 6.04. The Morgan fingerprint density at radius 2 is 1.41 bits per heavy atom. The molecule has 27 heavy (non-hydrogen) atoms. The number of benzene rings is 2. The number of aryl methyl sites for hydroxylation is 2. The van der Waals surface area contributed by atoms with Crippen LogP contribution in [0.5, 0.6) is 11.5 Å². The number of aromatic nitrogens is 1. The zero-order valence-corrected chi connectivity index (χ0v) is 16.0. The molecule has 0 atom stereocenters. The average molecular weight is 438 g/mol. The summed E-state index contributed by atoms with van der Waals surface area (Å²) in [5, 5.41) is 0. The van der Waals surface area contributed by atoms with Gasteiger partial charge in [0.05, 0.1) is 10.0 Å². The number of aromatic amines is 1. The molecular weight excluding hydrogens is 423 g/mol. The van der Waals surface area contributed by atoms with Gasteiger partial charge in [-0.05, 0) is 71.7 Å². The van der Waals surface area contributed by atoms with Crippen LogP contribution in [0.25, 0.3) is 11.1 Å². The molecule has 7 heteroatoms. The number of nitrogens with one attached hydrogen (secondary N) is 1. The Morgan fingerprint density at radius 3 is 1.93 bits per heavy atom. The maximum atomic E-state index is 12.6. The summed E-state index contributed by atoms with van der Waals surface area (Å²) in [6.45, 7) is 3.63. The Balaban J connectivity index is 1.85. The van der Waals surface area contributed by atoms with Gasteiger partial charge in [-0.25, -0.2) is 0 Å². The minimum Gasteiger partial charge on any atom is -0.457 e. The Morgan fingerprint density at radius 1 is 0.889 bits per heavy atom. The van der Waals surface area contributed by atoms with E-state index in [1.54, 1.807) is 24.3 Å². The number of hydrogen-bond acceptors (Lipinski definition) is 2. The number of rotatable bonds is 3. The Labute approximate surface area is 161 Å². The third-order valence-corrected chi connectivity index (χ3v) is 5.02. The molecule has 140 valence electrons. The third-order valence-electron chi connectivity index (χ3n) is 4.07. The maximum Gasteiger partial charge on any atom is 0.416 e. The van der Waals surface area contributed by atoms with Gasteiger partial charge in [0.15, 0.2) is 0 Å². The Bertz CT molecular complexity index is 1020. The van der Waals surface area contributed by atoms with E-state index >= 15 is 0 Å². The summed E-state index contributed by atoms with van der Waals surface area (Å²) in [4.78, 5) is 15.7. The summed E-state index contributed by atoms with van der Waals surface area (Å²) in [6, 6.07) is 11.3. The van der Waals surface area contributed by atoms with Gasteiger partial charge in [0.2, 0.25) is 5.43 Å². The summed E-state index contributed by atoms with van der Waals surface area (Å²) < 4.78 is 43.9. The molecule has 3 rings (SSSR count). The van der Waals surface area contributed by atoms with Gasteiger partial charge in [-0.1, -0.05) is 12.1 Å². The first-order valence-electron chi connectivity index (χ1n) is 8.01. The third kappa shape index (κ3) is 4.08. The molecular formula is C20H15BrF3NO2. The molecule has 0 fully saturated rings. The minimum atomic E-state index is -4.38. The van der Waals surface area contributed by atoms with Crippen molar-refractivity contribution in [2.45, 2.75) is 20.0 Å². The quantitative estimate of drug-likeness (QED) is 0.527. The highest BCUT2D eigenvalue weighted by molar-refractivity contribution is 9.10. The largest absolute Gasteiger partial charge is 0.457 e. The highest BCUT2D eigenvalue weighted by Crippen LogP contribution is 2.32. The first-order chi connectivity index (χ1) is 12.7. The lowest BCUT2D eigenvalue weighted by Crippen LogP contribution is -2.11. The Hall–Kier alpha value is -2.54. The Kier molecular flexibility index (Phi) is 5.15. The van der Waals surface area contributed by atoms with E-state index < -0.39 is 11.7 Å². The first-order valence-corrected chi connectivity index (χ1v) is 8.80. The fourth-order valence-electron chi connectivity index (χ4n) is 2.73. The smallest absolute Gasteiger partial charge is 0.416 e. The van der Waals surface area contributed by atoms with Crippen LogP contribution in [0.1, 0.15) is 17.0 Å². The zero-order chi connectivity index (χ0) is 19.8. The van der Waals surface area contributed by atoms with E-state index in [0.717, 1.165) is 23.5 Å². The van der Waals surface area contributed by atoms with Gasteiger partial charge in [0, 0.05) is 17.0 Å². The van der Waals surface area contributed by atoms with Crippen LogP contribution in [0.15, 0.2) is 57.8 Å². The number of alkyl halides is 3. The summed E-state index contributed by atoms with van der Waals surface area (Å²) in [7, 11) is 0. The fraction of sp³-hybridized carbons (Fsp3) is 0.150. The van der Waals surface area contributed by atoms with Crippen molar-refractivity contribution in [2.24, 2.45) is 0 Å². The molecule has 1 heterocycles. The molecule has 0 aliphatic carbocycles. The number of ether oxygens (including phenoxy) is 1. The molecule has 0 bridgehead atoms. The molecule has 0 unspecified atom stereocenters. The molecule has 0 radical (unpaired) electrons. The topological polar surface area (TPSA) is 42.1 Å². The summed E-state index contributed by atoms with van der Waals surface area (Å²) in [6.07, 6.45) is -4.38. The van der Waals surface area contributed by atoms with Crippen LogP contribution in [-0.2, 0) is 6.18 Å². The van der Waals surface area contributed by atoms with Gasteiger partial charge in [-0.3, -0.25) is 4.79 Å². The van der Waals surface area contributed by atoms with Crippen LogP contribution in [0.2, 0.25) is 0 Å². The average Bonchev–Trinajstić information content (AvgIpc) is 2.61. The van der Waals surface area contributed by atoms with Crippen molar-refractivity contribution in [3.63, 3.8) is 0 Å². The molecule has 0 amide bonds. The number of halogens is 4. The van der Waals surface area contributed by atoms with Crippen LogP contribution in [-0.4, -0.2) is 4.98 Å². The standard InChI is InChI=1S/C20H15BrF3NO2/c1-11-17(19(26)18(21)12(2)25-11)13-3-7-15(8-4-13)27-16-9-5-14(6-10-16)20(22,23)24/h3-10H,1-2H3,(H,25,26). The number of pyridine rings is 1. The summed E-state index contributed by atoms with van der Waals surface area (Å²) >= 11 is 3.29. The van der Waals surface area contributed by atoms with E-state index in [9.17, 15) is 18.0 Å². The van der Waals surface area contributed by atoms with Crippen LogP contribution in [0.3, 0.4) is 0 Å². The van der Waals surface area contributed by atoms with Crippen molar-refractivity contribution in [1.82, 2.24) is 4.98 Å². The minimum absolute atomic E-state index is 0.111. The van der Waals surface area contributed by atoms with E-state index in [0.29, 0.717) is 27.1 Å². The molecule has 3 aromatic rings. The fourth-order valence-corrected chi connectivity index (χ4v) is 3.03. The summed E-state index contributed by atoms with van der Waals surface area (Å²) in [5.41, 5.74) is 1.92. The van der Waals surface area contributed by atoms with E-state index in [2.05, 4.69) is 20.9 Å². The lowest BCUT2D eigenvalue weighted by atomic mass is 10.0. The molecule has 3 nitrogen and oxygen atoms in total. The lowest BCUT2D eigenvalue weighted by Gasteiger charge is -2.11. The highest BCUT2D eigenvalue weighted by atomic mass is 79.9. The molecule has 0 spiro atoms. The SMILES string of the molecule is Cc1[nH]c(C)c(-c2ccc(Oc3ccc(C(F)(F)F)cc3)cc2)c(=O)c1Br. The summed E-state index contributed by atoms with van der Waals surface area (Å²) in [5.74, 6) is 0.752. The number of hydrogen-bond donors (Lipinski definition) is 1. The highest BCUT2D eigenvalue weighted by Gasteiger charge is 2.30. The van der Waals surface area contributed by atoms with Gasteiger partial charge in [0.25, 0.3) is 0 Å². The maximum absolute atomic E-state index is 12.6. The number of H-pyrrole nitrogens is 1. The van der Waals surface area contributed by atoms with Crippen LogP contribution < -0.4 is 10.2 Å². The van der Waals surface area contributed by atoms with Crippen molar-refractivity contribution in [1.29, 1.82) is 0 Å². The zero-order valence-electron chi connectivity index (χ0n) is 14.4. The lowest BCUT2D eigenvalue weighted by molar-refractivity contribution is -0.137. The first kappa shape index (κ1) is 19.2. The monoisotopic (exact) mass is 437 g/mol. The second kappa shape index (κ2) is 7.23. The molecule has 0 aliphatic rings. The van der Waals surface area contributed by atoms with Crippen LogP contribution in [0.4, 0.5) is 13.2 Å². The van der Waals surface area contributed by atoms with E-state index in [4.69, 9.17) is 4.74 Å². The van der Waals surface area contributed by atoms with Crippen LogP contribution in [0, 0.1) is 13.8 Å². The van der Waals surface area contributed by atoms with Crippen molar-refractivity contribution < 1.29 is 17.9 Å². The molecule has 2 aromatic carbocycles. The van der Waals surface area contributed by atoms with Gasteiger partial charge < -0.3 is 9.72 Å². The van der Waals surface area contributed by atoms with Crippen LogP contribution >= 0.6 is 15.9 Å². The van der Waals surface area contributed by atoms with E-state index in [1.165, 1.54) is 12.1 Å².